The van der Waals surface area contributed by atoms with E-state index in [0.29, 0.717) is 28.3 Å². The van der Waals surface area contributed by atoms with Crippen molar-refractivity contribution in [2.75, 3.05) is 14.2 Å². The highest BCUT2D eigenvalue weighted by atomic mass is 35.5. The zero-order valence-electron chi connectivity index (χ0n) is 16.8. The van der Waals surface area contributed by atoms with E-state index in [2.05, 4.69) is 10.2 Å². The van der Waals surface area contributed by atoms with Gasteiger partial charge < -0.3 is 18.8 Å². The number of ether oxygens (including phenoxy) is 2. The average molecular weight is 428 g/mol. The molecule has 0 saturated heterocycles. The van der Waals surface area contributed by atoms with E-state index in [9.17, 15) is 4.79 Å². The van der Waals surface area contributed by atoms with Crippen molar-refractivity contribution >= 4 is 17.5 Å². The Bertz CT molecular complexity index is 1030. The van der Waals surface area contributed by atoms with E-state index in [4.69, 9.17) is 25.5 Å². The van der Waals surface area contributed by atoms with Gasteiger partial charge in [0.25, 0.3) is 0 Å². The predicted molar refractivity (Wildman–Crippen MR) is 112 cm³/mol. The molecule has 1 heterocycles. The topological polar surface area (TPSA) is 77.7 Å². The van der Waals surface area contributed by atoms with Crippen molar-refractivity contribution in [1.29, 1.82) is 0 Å². The van der Waals surface area contributed by atoms with Gasteiger partial charge in [0, 0.05) is 28.3 Å². The molecule has 1 saturated carbocycles. The summed E-state index contributed by atoms with van der Waals surface area (Å²) >= 11 is 5.93. The van der Waals surface area contributed by atoms with Gasteiger partial charge in [-0.3, -0.25) is 4.79 Å². The first-order valence-electron chi connectivity index (χ1n) is 9.66. The first-order valence-corrected chi connectivity index (χ1v) is 10.0. The summed E-state index contributed by atoms with van der Waals surface area (Å²) < 4.78 is 16.4. The van der Waals surface area contributed by atoms with Crippen molar-refractivity contribution in [3.8, 4) is 23.0 Å². The van der Waals surface area contributed by atoms with E-state index < -0.39 is 0 Å². The molecule has 1 aliphatic rings. The van der Waals surface area contributed by atoms with E-state index in [1.807, 2.05) is 29.2 Å². The van der Waals surface area contributed by atoms with Gasteiger partial charge in [-0.2, -0.15) is 0 Å². The Balaban J connectivity index is 1.48. The van der Waals surface area contributed by atoms with Gasteiger partial charge in [-0.25, -0.2) is 0 Å². The fourth-order valence-corrected chi connectivity index (χ4v) is 3.37. The molecule has 7 nitrogen and oxygen atoms in total. The number of carbonyl (C=O) groups excluding carboxylic acids is 1. The first kappa shape index (κ1) is 20.2. The number of methoxy groups -OCH3 is 2. The second-order valence-electron chi connectivity index (χ2n) is 7.12. The lowest BCUT2D eigenvalue weighted by atomic mass is 10.1. The van der Waals surface area contributed by atoms with Crippen LogP contribution in [0.4, 0.5) is 0 Å². The molecular formula is C22H22ClN3O4. The lowest BCUT2D eigenvalue weighted by molar-refractivity contribution is -0.132. The van der Waals surface area contributed by atoms with Crippen LogP contribution in [0.15, 0.2) is 46.9 Å². The molecule has 0 aliphatic heterocycles. The molecule has 8 heteroatoms. The van der Waals surface area contributed by atoms with Crippen LogP contribution in [-0.4, -0.2) is 41.3 Å². The third-order valence-corrected chi connectivity index (χ3v) is 5.26. The Hall–Kier alpha value is -3.06. The van der Waals surface area contributed by atoms with E-state index in [-0.39, 0.29) is 24.9 Å². The lowest BCUT2D eigenvalue weighted by Crippen LogP contribution is -2.34. The van der Waals surface area contributed by atoms with Gasteiger partial charge in [0.2, 0.25) is 17.7 Å². The highest BCUT2D eigenvalue weighted by Gasteiger charge is 2.34. The van der Waals surface area contributed by atoms with Crippen LogP contribution in [0.3, 0.4) is 0 Å². The highest BCUT2D eigenvalue weighted by molar-refractivity contribution is 6.30. The zero-order chi connectivity index (χ0) is 21.1. The smallest absolute Gasteiger partial charge is 0.247 e. The number of nitrogens with zero attached hydrogens (tertiary/aromatic N) is 3. The molecule has 0 unspecified atom stereocenters. The van der Waals surface area contributed by atoms with Gasteiger partial charge in [0.05, 0.1) is 27.2 Å². The van der Waals surface area contributed by atoms with Crippen LogP contribution in [0.1, 0.15) is 24.3 Å². The number of hydrogen-bond donors (Lipinski definition) is 0. The van der Waals surface area contributed by atoms with Gasteiger partial charge in [-0.1, -0.05) is 17.7 Å². The number of aromatic nitrogens is 2. The number of hydrogen-bond acceptors (Lipinski definition) is 6. The molecule has 4 rings (SSSR count). The maximum absolute atomic E-state index is 13.1. The Morgan fingerprint density at radius 1 is 1.13 bits per heavy atom. The van der Waals surface area contributed by atoms with Crippen LogP contribution < -0.4 is 9.47 Å². The van der Waals surface area contributed by atoms with E-state index in [0.717, 1.165) is 24.0 Å². The molecular weight excluding hydrogens is 406 g/mol. The molecule has 3 aromatic rings. The Labute approximate surface area is 179 Å². The molecule has 0 radical (unpaired) electrons. The summed E-state index contributed by atoms with van der Waals surface area (Å²) in [5, 5.41) is 8.87. The number of halogens is 1. The molecule has 0 bridgehead atoms. The van der Waals surface area contributed by atoms with Gasteiger partial charge >= 0.3 is 0 Å². The summed E-state index contributed by atoms with van der Waals surface area (Å²) in [6.45, 7) is 0.280. The highest BCUT2D eigenvalue weighted by Crippen LogP contribution is 2.31. The van der Waals surface area contributed by atoms with Crippen molar-refractivity contribution in [3.05, 3.63) is 58.9 Å². The summed E-state index contributed by atoms with van der Waals surface area (Å²) in [4.78, 5) is 14.9. The largest absolute Gasteiger partial charge is 0.497 e. The lowest BCUT2D eigenvalue weighted by Gasteiger charge is -2.21. The average Bonchev–Trinajstić information content (AvgIpc) is 3.50. The second kappa shape index (κ2) is 8.75. The minimum absolute atomic E-state index is 0.00721. The first-order chi connectivity index (χ1) is 14.6. The molecule has 156 valence electrons. The number of amides is 1. The van der Waals surface area contributed by atoms with Gasteiger partial charge in [0.1, 0.15) is 11.5 Å². The molecule has 1 fully saturated rings. The summed E-state index contributed by atoms with van der Waals surface area (Å²) in [7, 11) is 3.18. The van der Waals surface area contributed by atoms with Crippen LogP contribution in [0.5, 0.6) is 11.5 Å². The normalized spacial score (nSPS) is 13.2. The van der Waals surface area contributed by atoms with Crippen LogP contribution in [0.2, 0.25) is 5.02 Å². The van der Waals surface area contributed by atoms with Crippen molar-refractivity contribution < 1.29 is 18.7 Å². The SMILES string of the molecule is COc1ccc(CC(=O)N(Cc2nnc(-c3ccc(Cl)cc3)o2)C2CC2)c(OC)c1. The van der Waals surface area contributed by atoms with Crippen LogP contribution in [-0.2, 0) is 17.8 Å². The van der Waals surface area contributed by atoms with Crippen LogP contribution in [0, 0.1) is 0 Å². The number of rotatable bonds is 8. The minimum atomic E-state index is -0.00721. The van der Waals surface area contributed by atoms with Gasteiger partial charge in [-0.15, -0.1) is 10.2 Å². The Morgan fingerprint density at radius 2 is 1.90 bits per heavy atom. The minimum Gasteiger partial charge on any atom is -0.497 e. The van der Waals surface area contributed by atoms with Gasteiger partial charge in [-0.05, 0) is 43.2 Å². The maximum Gasteiger partial charge on any atom is 0.247 e. The third kappa shape index (κ3) is 4.57. The monoisotopic (exact) mass is 427 g/mol. The van der Waals surface area contributed by atoms with Crippen molar-refractivity contribution in [1.82, 2.24) is 15.1 Å². The fourth-order valence-electron chi connectivity index (χ4n) is 3.24. The molecule has 0 spiro atoms. The molecule has 1 aliphatic carbocycles. The van der Waals surface area contributed by atoms with Crippen molar-refractivity contribution in [3.63, 3.8) is 0 Å². The molecule has 2 aromatic carbocycles. The molecule has 1 amide bonds. The predicted octanol–water partition coefficient (Wildman–Crippen LogP) is 4.14. The van der Waals surface area contributed by atoms with Crippen LogP contribution >= 0.6 is 11.6 Å². The summed E-state index contributed by atoms with van der Waals surface area (Å²) in [6, 6.07) is 12.8. The van der Waals surface area contributed by atoms with E-state index in [1.54, 1.807) is 32.4 Å². The quantitative estimate of drug-likeness (QED) is 0.537. The molecule has 30 heavy (non-hydrogen) atoms. The zero-order valence-corrected chi connectivity index (χ0v) is 17.6. The Kier molecular flexibility index (Phi) is 5.90. The standard InChI is InChI=1S/C22H22ClN3O4/c1-28-18-10-5-15(19(12-18)29-2)11-21(27)26(17-8-9-17)13-20-24-25-22(30-20)14-3-6-16(23)7-4-14/h3-7,10,12,17H,8-9,11,13H2,1-2H3. The molecule has 0 atom stereocenters. The summed E-state index contributed by atoms with van der Waals surface area (Å²) in [6.07, 6.45) is 2.18. The Morgan fingerprint density at radius 3 is 2.57 bits per heavy atom. The molecule has 1 aromatic heterocycles. The summed E-state index contributed by atoms with van der Waals surface area (Å²) in [5.74, 6) is 2.11. The van der Waals surface area contributed by atoms with E-state index in [1.165, 1.54) is 0 Å². The van der Waals surface area contributed by atoms with Crippen molar-refractivity contribution in [2.24, 2.45) is 0 Å². The fraction of sp³-hybridized carbons (Fsp3) is 0.318. The summed E-state index contributed by atoms with van der Waals surface area (Å²) in [5.41, 5.74) is 1.59. The number of carbonyl (C=O) groups is 1. The van der Waals surface area contributed by atoms with Crippen LogP contribution in [0.25, 0.3) is 11.5 Å². The van der Waals surface area contributed by atoms with Crippen molar-refractivity contribution in [2.45, 2.75) is 31.8 Å². The maximum atomic E-state index is 13.1. The van der Waals surface area contributed by atoms with E-state index >= 15 is 0 Å². The molecule has 0 N–H and O–H groups in total. The second-order valence-corrected chi connectivity index (χ2v) is 7.55. The number of benzene rings is 2. The van der Waals surface area contributed by atoms with Gasteiger partial charge in [0.15, 0.2) is 0 Å². The third-order valence-electron chi connectivity index (χ3n) is 5.01.